The number of fused-ring (bicyclic) bond motifs is 1. The van der Waals surface area contributed by atoms with E-state index in [2.05, 4.69) is 9.97 Å². The summed E-state index contributed by atoms with van der Waals surface area (Å²) in [5.74, 6) is 0.808. The van der Waals surface area contributed by atoms with Gasteiger partial charge in [-0.25, -0.2) is 4.98 Å². The van der Waals surface area contributed by atoms with E-state index in [0.717, 1.165) is 16.9 Å². The zero-order valence-corrected chi connectivity index (χ0v) is 17.1. The SMILES string of the molecule is CCN(CCc1nc2ccccc2[nH]1)C(=O)c1ccc(C(=O)N2CCOCC2)cc1. The minimum Gasteiger partial charge on any atom is -0.378 e. The number of likely N-dealkylation sites (N-methyl/N-ethyl adjacent to an activating group) is 1. The number of hydrogen-bond acceptors (Lipinski definition) is 4. The van der Waals surface area contributed by atoms with Crippen LogP contribution in [0.25, 0.3) is 11.0 Å². The lowest BCUT2D eigenvalue weighted by molar-refractivity contribution is 0.0303. The van der Waals surface area contributed by atoms with Crippen LogP contribution >= 0.6 is 0 Å². The number of nitrogens with zero attached hydrogens (tertiary/aromatic N) is 3. The second kappa shape index (κ2) is 9.09. The molecule has 0 radical (unpaired) electrons. The van der Waals surface area contributed by atoms with Crippen LogP contribution in [0.5, 0.6) is 0 Å². The molecular weight excluding hydrogens is 380 g/mol. The number of morpholine rings is 1. The molecular formula is C23H26N4O3. The molecule has 0 atom stereocenters. The Bertz CT molecular complexity index is 989. The minimum absolute atomic E-state index is 0.0190. The second-order valence-electron chi connectivity index (χ2n) is 7.32. The van der Waals surface area contributed by atoms with Crippen LogP contribution in [0, 0.1) is 0 Å². The van der Waals surface area contributed by atoms with Crippen LogP contribution < -0.4 is 0 Å². The van der Waals surface area contributed by atoms with Gasteiger partial charge in [0.15, 0.2) is 0 Å². The Morgan fingerprint density at radius 3 is 2.47 bits per heavy atom. The normalized spacial score (nSPS) is 14.1. The fraction of sp³-hybridized carbons (Fsp3) is 0.348. The van der Waals surface area contributed by atoms with Gasteiger partial charge in [0.05, 0.1) is 24.2 Å². The molecule has 2 aromatic carbocycles. The molecule has 1 aromatic heterocycles. The van der Waals surface area contributed by atoms with Crippen LogP contribution in [0.15, 0.2) is 48.5 Å². The van der Waals surface area contributed by atoms with Gasteiger partial charge in [0.25, 0.3) is 11.8 Å². The summed E-state index contributed by atoms with van der Waals surface area (Å²) in [7, 11) is 0. The molecule has 3 aromatic rings. The van der Waals surface area contributed by atoms with Gasteiger partial charge in [-0.2, -0.15) is 0 Å². The summed E-state index contributed by atoms with van der Waals surface area (Å²) in [4.78, 5) is 37.0. The van der Waals surface area contributed by atoms with Gasteiger partial charge in [0.1, 0.15) is 5.82 Å². The smallest absolute Gasteiger partial charge is 0.254 e. The van der Waals surface area contributed by atoms with Crippen LogP contribution in [0.1, 0.15) is 33.5 Å². The summed E-state index contributed by atoms with van der Waals surface area (Å²) in [5.41, 5.74) is 3.11. The van der Waals surface area contributed by atoms with E-state index >= 15 is 0 Å². The molecule has 0 spiro atoms. The molecule has 156 valence electrons. The van der Waals surface area contributed by atoms with Gasteiger partial charge >= 0.3 is 0 Å². The molecule has 1 aliphatic rings. The maximum absolute atomic E-state index is 12.9. The number of ether oxygens (including phenoxy) is 1. The third kappa shape index (κ3) is 4.36. The van der Waals surface area contributed by atoms with Crippen molar-refractivity contribution in [3.05, 3.63) is 65.5 Å². The molecule has 1 fully saturated rings. The standard InChI is InChI=1S/C23H26N4O3/c1-2-26(12-11-21-24-19-5-3-4-6-20(19)25-21)22(28)17-7-9-18(10-8-17)23(29)27-13-15-30-16-14-27/h3-10H,2,11-16H2,1H3,(H,24,25). The average molecular weight is 406 g/mol. The first kappa shape index (κ1) is 20.1. The fourth-order valence-electron chi connectivity index (χ4n) is 3.66. The molecule has 7 nitrogen and oxygen atoms in total. The van der Waals surface area contributed by atoms with Crippen LogP contribution in [-0.4, -0.2) is 71.0 Å². The molecule has 4 rings (SSSR count). The first-order valence-electron chi connectivity index (χ1n) is 10.4. The van der Waals surface area contributed by atoms with Crippen LogP contribution in [0.4, 0.5) is 0 Å². The first-order valence-corrected chi connectivity index (χ1v) is 10.4. The number of aromatic nitrogens is 2. The van der Waals surface area contributed by atoms with E-state index in [4.69, 9.17) is 4.74 Å². The van der Waals surface area contributed by atoms with Crippen molar-refractivity contribution in [1.29, 1.82) is 0 Å². The highest BCUT2D eigenvalue weighted by Crippen LogP contribution is 2.14. The van der Waals surface area contributed by atoms with E-state index in [1.165, 1.54) is 0 Å². The van der Waals surface area contributed by atoms with Crippen LogP contribution in [0.2, 0.25) is 0 Å². The van der Waals surface area contributed by atoms with Crippen molar-refractivity contribution in [3.8, 4) is 0 Å². The Kier molecular flexibility index (Phi) is 6.09. The molecule has 2 amide bonds. The van der Waals surface area contributed by atoms with Crippen molar-refractivity contribution in [3.63, 3.8) is 0 Å². The maximum atomic E-state index is 12.9. The van der Waals surface area contributed by atoms with Crippen molar-refractivity contribution >= 4 is 22.8 Å². The number of rotatable bonds is 6. The highest BCUT2D eigenvalue weighted by molar-refractivity contribution is 5.97. The quantitative estimate of drug-likeness (QED) is 0.683. The van der Waals surface area contributed by atoms with Crippen molar-refractivity contribution in [1.82, 2.24) is 19.8 Å². The van der Waals surface area contributed by atoms with Crippen molar-refractivity contribution in [2.45, 2.75) is 13.3 Å². The number of hydrogen-bond donors (Lipinski definition) is 1. The minimum atomic E-state index is -0.0426. The largest absolute Gasteiger partial charge is 0.378 e. The molecule has 1 N–H and O–H groups in total. The Balaban J connectivity index is 1.39. The van der Waals surface area contributed by atoms with Gasteiger partial charge in [-0.3, -0.25) is 9.59 Å². The van der Waals surface area contributed by atoms with Gasteiger partial charge in [-0.15, -0.1) is 0 Å². The average Bonchev–Trinajstić information content (AvgIpc) is 3.22. The molecule has 1 saturated heterocycles. The Hall–Kier alpha value is -3.19. The molecule has 1 aliphatic heterocycles. The number of para-hydroxylation sites is 2. The molecule has 0 aliphatic carbocycles. The number of benzene rings is 2. The molecule has 30 heavy (non-hydrogen) atoms. The lowest BCUT2D eigenvalue weighted by atomic mass is 10.1. The summed E-state index contributed by atoms with van der Waals surface area (Å²) < 4.78 is 5.30. The molecule has 0 saturated carbocycles. The van der Waals surface area contributed by atoms with Crippen LogP contribution in [0.3, 0.4) is 0 Å². The number of aromatic amines is 1. The molecule has 7 heteroatoms. The molecule has 0 bridgehead atoms. The van der Waals surface area contributed by atoms with Gasteiger partial charge < -0.3 is 19.5 Å². The van der Waals surface area contributed by atoms with Crippen LogP contribution in [-0.2, 0) is 11.2 Å². The summed E-state index contributed by atoms with van der Waals surface area (Å²) >= 11 is 0. The predicted octanol–water partition coefficient (Wildman–Crippen LogP) is 2.74. The number of amides is 2. The Morgan fingerprint density at radius 1 is 1.07 bits per heavy atom. The summed E-state index contributed by atoms with van der Waals surface area (Å²) in [6.45, 7) is 5.48. The lowest BCUT2D eigenvalue weighted by Crippen LogP contribution is -2.40. The topological polar surface area (TPSA) is 78.5 Å². The third-order valence-corrected chi connectivity index (χ3v) is 5.40. The Labute approximate surface area is 175 Å². The zero-order valence-electron chi connectivity index (χ0n) is 17.1. The van der Waals surface area contributed by atoms with Gasteiger partial charge in [-0.1, -0.05) is 12.1 Å². The van der Waals surface area contributed by atoms with E-state index in [-0.39, 0.29) is 11.8 Å². The lowest BCUT2D eigenvalue weighted by Gasteiger charge is -2.27. The third-order valence-electron chi connectivity index (χ3n) is 5.40. The van der Waals surface area contributed by atoms with Crippen molar-refractivity contribution in [2.24, 2.45) is 0 Å². The number of nitrogens with one attached hydrogen (secondary N) is 1. The summed E-state index contributed by atoms with van der Waals surface area (Å²) in [6, 6.07) is 14.8. The summed E-state index contributed by atoms with van der Waals surface area (Å²) in [5, 5.41) is 0. The van der Waals surface area contributed by atoms with E-state index in [9.17, 15) is 9.59 Å². The number of carbonyl (C=O) groups excluding carboxylic acids is 2. The zero-order chi connectivity index (χ0) is 20.9. The van der Waals surface area contributed by atoms with E-state index in [0.29, 0.717) is 56.9 Å². The maximum Gasteiger partial charge on any atom is 0.254 e. The predicted molar refractivity (Wildman–Crippen MR) is 115 cm³/mol. The molecule has 0 unspecified atom stereocenters. The number of carbonyl (C=O) groups is 2. The van der Waals surface area contributed by atoms with E-state index in [1.807, 2.05) is 31.2 Å². The highest BCUT2D eigenvalue weighted by Gasteiger charge is 2.20. The van der Waals surface area contributed by atoms with E-state index < -0.39 is 0 Å². The monoisotopic (exact) mass is 406 g/mol. The first-order chi connectivity index (χ1) is 14.7. The summed E-state index contributed by atoms with van der Waals surface area (Å²) in [6.07, 6.45) is 0.655. The van der Waals surface area contributed by atoms with E-state index in [1.54, 1.807) is 34.1 Å². The van der Waals surface area contributed by atoms with Gasteiger partial charge in [0, 0.05) is 43.7 Å². The number of imidazole rings is 1. The molecule has 2 heterocycles. The fourth-order valence-corrected chi connectivity index (χ4v) is 3.66. The van der Waals surface area contributed by atoms with Crippen molar-refractivity contribution < 1.29 is 14.3 Å². The Morgan fingerprint density at radius 2 is 1.77 bits per heavy atom. The second-order valence-corrected chi connectivity index (χ2v) is 7.32. The highest BCUT2D eigenvalue weighted by atomic mass is 16.5. The van der Waals surface area contributed by atoms with Gasteiger partial charge in [0.2, 0.25) is 0 Å². The van der Waals surface area contributed by atoms with Crippen molar-refractivity contribution in [2.75, 3.05) is 39.4 Å². The number of H-pyrrole nitrogens is 1. The van der Waals surface area contributed by atoms with Gasteiger partial charge in [-0.05, 0) is 43.3 Å².